The van der Waals surface area contributed by atoms with Crippen molar-refractivity contribution in [1.82, 2.24) is 5.43 Å². The van der Waals surface area contributed by atoms with Crippen LogP contribution in [0.15, 0.2) is 42.5 Å². The van der Waals surface area contributed by atoms with Gasteiger partial charge in [0.2, 0.25) is 0 Å². The Morgan fingerprint density at radius 1 is 1.25 bits per heavy atom. The summed E-state index contributed by atoms with van der Waals surface area (Å²) in [6.07, 6.45) is 0.957. The van der Waals surface area contributed by atoms with Crippen LogP contribution in [0.1, 0.15) is 29.7 Å². The zero-order chi connectivity index (χ0) is 14.5. The minimum absolute atomic E-state index is 0.0858. The first kappa shape index (κ1) is 14.9. The molecule has 3 N–H and O–H groups in total. The normalized spacial score (nSPS) is 12.2. The number of hydrogen-bond acceptors (Lipinski definition) is 3. The quantitative estimate of drug-likeness (QED) is 0.655. The Hall–Kier alpha value is -1.55. The zero-order valence-electron chi connectivity index (χ0n) is 11.7. The fourth-order valence-electron chi connectivity index (χ4n) is 2.36. The van der Waals surface area contributed by atoms with Crippen LogP contribution >= 0.6 is 11.6 Å². The maximum absolute atomic E-state index is 6.07. The topological polar surface area (TPSA) is 47.3 Å². The highest BCUT2D eigenvalue weighted by Gasteiger charge is 2.16. The number of nitrogens with one attached hydrogen (secondary N) is 1. The molecule has 0 saturated heterocycles. The van der Waals surface area contributed by atoms with Gasteiger partial charge in [0, 0.05) is 0 Å². The Labute approximate surface area is 124 Å². The predicted molar refractivity (Wildman–Crippen MR) is 83.0 cm³/mol. The highest BCUT2D eigenvalue weighted by atomic mass is 35.5. The molecule has 0 heterocycles. The summed E-state index contributed by atoms with van der Waals surface area (Å²) < 4.78 is 5.27. The third-order valence-corrected chi connectivity index (χ3v) is 3.73. The van der Waals surface area contributed by atoms with Crippen molar-refractivity contribution >= 4 is 11.6 Å². The molecular formula is C16H19ClN2O. The van der Waals surface area contributed by atoms with Gasteiger partial charge in [0.1, 0.15) is 5.75 Å². The van der Waals surface area contributed by atoms with Crippen molar-refractivity contribution < 1.29 is 4.74 Å². The highest BCUT2D eigenvalue weighted by Crippen LogP contribution is 2.31. The van der Waals surface area contributed by atoms with E-state index in [2.05, 4.69) is 24.5 Å². The summed E-state index contributed by atoms with van der Waals surface area (Å²) in [4.78, 5) is 0. The average molecular weight is 291 g/mol. The summed E-state index contributed by atoms with van der Waals surface area (Å²) in [6, 6.07) is 13.9. The first-order chi connectivity index (χ1) is 9.71. The second-order valence-corrected chi connectivity index (χ2v) is 4.95. The maximum Gasteiger partial charge on any atom is 0.137 e. The number of benzene rings is 2. The number of hydrogen-bond donors (Lipinski definition) is 2. The molecule has 2 aromatic carbocycles. The molecule has 0 aliphatic carbocycles. The molecule has 3 nitrogen and oxygen atoms in total. The molecule has 2 rings (SSSR count). The summed E-state index contributed by atoms with van der Waals surface area (Å²) in [5.74, 6) is 6.42. The van der Waals surface area contributed by atoms with Gasteiger partial charge in [0.15, 0.2) is 0 Å². The van der Waals surface area contributed by atoms with Crippen LogP contribution < -0.4 is 16.0 Å². The van der Waals surface area contributed by atoms with Crippen molar-refractivity contribution in [3.05, 3.63) is 64.2 Å². The van der Waals surface area contributed by atoms with Crippen LogP contribution in [0.4, 0.5) is 0 Å². The van der Waals surface area contributed by atoms with Crippen LogP contribution in [0.25, 0.3) is 0 Å². The van der Waals surface area contributed by atoms with E-state index >= 15 is 0 Å². The summed E-state index contributed by atoms with van der Waals surface area (Å²) in [7, 11) is 1.61. The van der Waals surface area contributed by atoms with Gasteiger partial charge in [-0.05, 0) is 35.2 Å². The third-order valence-electron chi connectivity index (χ3n) is 3.42. The first-order valence-electron chi connectivity index (χ1n) is 6.58. The van der Waals surface area contributed by atoms with Gasteiger partial charge in [-0.3, -0.25) is 5.84 Å². The van der Waals surface area contributed by atoms with Gasteiger partial charge in [0.25, 0.3) is 0 Å². The number of halogens is 1. The van der Waals surface area contributed by atoms with Crippen LogP contribution in [-0.2, 0) is 6.42 Å². The second kappa shape index (κ2) is 6.75. The summed E-state index contributed by atoms with van der Waals surface area (Å²) in [5.41, 5.74) is 6.34. The molecule has 0 fully saturated rings. The first-order valence-corrected chi connectivity index (χ1v) is 6.96. The molecule has 4 heteroatoms. The van der Waals surface area contributed by atoms with E-state index in [-0.39, 0.29) is 6.04 Å². The molecule has 20 heavy (non-hydrogen) atoms. The Bertz CT molecular complexity index is 586. The molecule has 0 radical (unpaired) electrons. The fourth-order valence-corrected chi connectivity index (χ4v) is 2.55. The number of methoxy groups -OCH3 is 1. The van der Waals surface area contributed by atoms with Crippen molar-refractivity contribution in [2.75, 3.05) is 7.11 Å². The lowest BCUT2D eigenvalue weighted by Gasteiger charge is -2.20. The largest absolute Gasteiger partial charge is 0.495 e. The molecule has 0 aromatic heterocycles. The molecule has 0 aliphatic heterocycles. The Morgan fingerprint density at radius 3 is 2.65 bits per heavy atom. The van der Waals surface area contributed by atoms with Crippen molar-refractivity contribution in [3.63, 3.8) is 0 Å². The summed E-state index contributed by atoms with van der Waals surface area (Å²) in [5, 5.41) is 0.593. The van der Waals surface area contributed by atoms with Crippen molar-refractivity contribution in [2.45, 2.75) is 19.4 Å². The van der Waals surface area contributed by atoms with E-state index in [1.807, 2.05) is 30.3 Å². The molecule has 2 aromatic rings. The van der Waals surface area contributed by atoms with Gasteiger partial charge in [-0.15, -0.1) is 0 Å². The van der Waals surface area contributed by atoms with Crippen LogP contribution in [0.3, 0.4) is 0 Å². The van der Waals surface area contributed by atoms with Gasteiger partial charge in [-0.1, -0.05) is 48.9 Å². The standard InChI is InChI=1S/C16H19ClN2O/c1-3-11-6-4-5-7-13(11)16(19-18)12-8-9-14(17)15(10-12)20-2/h4-10,16,19H,3,18H2,1-2H3. The van der Waals surface area contributed by atoms with Gasteiger partial charge in [-0.2, -0.15) is 0 Å². The third kappa shape index (κ3) is 2.96. The smallest absolute Gasteiger partial charge is 0.137 e. The van der Waals surface area contributed by atoms with E-state index in [0.717, 1.165) is 12.0 Å². The lowest BCUT2D eigenvalue weighted by Crippen LogP contribution is -2.29. The molecular weight excluding hydrogens is 272 g/mol. The second-order valence-electron chi connectivity index (χ2n) is 4.55. The molecule has 0 saturated carbocycles. The minimum Gasteiger partial charge on any atom is -0.495 e. The SMILES string of the molecule is CCc1ccccc1C(NN)c1ccc(Cl)c(OC)c1. The zero-order valence-corrected chi connectivity index (χ0v) is 12.4. The molecule has 1 atom stereocenters. The predicted octanol–water partition coefficient (Wildman–Crippen LogP) is 3.46. The molecule has 0 bridgehead atoms. The molecule has 1 unspecified atom stereocenters. The average Bonchev–Trinajstić information content (AvgIpc) is 2.50. The molecule has 106 valence electrons. The van der Waals surface area contributed by atoms with E-state index < -0.39 is 0 Å². The van der Waals surface area contributed by atoms with Crippen LogP contribution in [0, 0.1) is 0 Å². The summed E-state index contributed by atoms with van der Waals surface area (Å²) >= 11 is 6.07. The van der Waals surface area contributed by atoms with Gasteiger partial charge >= 0.3 is 0 Å². The van der Waals surface area contributed by atoms with E-state index in [1.54, 1.807) is 7.11 Å². The highest BCUT2D eigenvalue weighted by molar-refractivity contribution is 6.32. The summed E-state index contributed by atoms with van der Waals surface area (Å²) in [6.45, 7) is 2.13. The number of hydrazine groups is 1. The monoisotopic (exact) mass is 290 g/mol. The van der Waals surface area contributed by atoms with Crippen molar-refractivity contribution in [1.29, 1.82) is 0 Å². The van der Waals surface area contributed by atoms with Crippen LogP contribution in [-0.4, -0.2) is 7.11 Å². The minimum atomic E-state index is -0.0858. The van der Waals surface area contributed by atoms with E-state index in [1.165, 1.54) is 11.1 Å². The van der Waals surface area contributed by atoms with Crippen molar-refractivity contribution in [3.8, 4) is 5.75 Å². The number of rotatable bonds is 5. The Morgan fingerprint density at radius 2 is 2.00 bits per heavy atom. The fraction of sp³-hybridized carbons (Fsp3) is 0.250. The number of aryl methyl sites for hydroxylation is 1. The maximum atomic E-state index is 6.07. The molecule has 0 amide bonds. The van der Waals surface area contributed by atoms with E-state index in [0.29, 0.717) is 10.8 Å². The lowest BCUT2D eigenvalue weighted by atomic mass is 9.93. The lowest BCUT2D eigenvalue weighted by molar-refractivity contribution is 0.414. The van der Waals surface area contributed by atoms with Gasteiger partial charge in [-0.25, -0.2) is 5.43 Å². The Balaban J connectivity index is 2.47. The molecule has 0 spiro atoms. The van der Waals surface area contributed by atoms with E-state index in [9.17, 15) is 0 Å². The number of nitrogens with two attached hydrogens (primary N) is 1. The number of ether oxygens (including phenoxy) is 1. The van der Waals surface area contributed by atoms with Gasteiger partial charge < -0.3 is 4.74 Å². The van der Waals surface area contributed by atoms with Crippen LogP contribution in [0.2, 0.25) is 5.02 Å². The Kier molecular flexibility index (Phi) is 5.01. The van der Waals surface area contributed by atoms with E-state index in [4.69, 9.17) is 22.2 Å². The molecule has 0 aliphatic rings. The van der Waals surface area contributed by atoms with Crippen molar-refractivity contribution in [2.24, 2.45) is 5.84 Å². The van der Waals surface area contributed by atoms with Gasteiger partial charge in [0.05, 0.1) is 18.2 Å². The van der Waals surface area contributed by atoms with Crippen LogP contribution in [0.5, 0.6) is 5.75 Å².